The molecule has 1 aliphatic rings. The first-order chi connectivity index (χ1) is 5.74. The molecule has 12 heavy (non-hydrogen) atoms. The van der Waals surface area contributed by atoms with Gasteiger partial charge in [-0.05, 0) is 30.7 Å². The average Bonchev–Trinajstić information content (AvgIpc) is 2.28. The first-order valence-corrected chi connectivity index (χ1v) is 7.06. The van der Waals surface area contributed by atoms with Gasteiger partial charge in [0.2, 0.25) is 0 Å². The molecule has 72 valence electrons. The molecule has 1 rings (SSSR count). The van der Waals surface area contributed by atoms with E-state index in [0.29, 0.717) is 0 Å². The van der Waals surface area contributed by atoms with Crippen LogP contribution in [-0.4, -0.2) is 48.2 Å². The molecule has 0 amide bonds. The molecule has 1 atom stereocenters. The summed E-state index contributed by atoms with van der Waals surface area (Å²) in [7, 11) is 0.0600. The van der Waals surface area contributed by atoms with E-state index in [9.17, 15) is 0 Å². The van der Waals surface area contributed by atoms with Crippen LogP contribution in [0, 0.1) is 0 Å². The van der Waals surface area contributed by atoms with Gasteiger partial charge in [0.25, 0.3) is 0 Å². The van der Waals surface area contributed by atoms with E-state index in [0.717, 1.165) is 6.54 Å². The maximum atomic E-state index is 5.27. The monoisotopic (exact) mass is 206 g/mol. The number of likely N-dealkylation sites (N-methyl/N-ethyl adjacent to an activating group) is 1. The van der Waals surface area contributed by atoms with Crippen LogP contribution >= 0.6 is 0 Å². The van der Waals surface area contributed by atoms with E-state index < -0.39 is 0 Å². The molecule has 0 aromatic heterocycles. The highest BCUT2D eigenvalue weighted by atomic mass is 32.8. The molecule has 0 N–H and O–H groups in total. The third-order valence-electron chi connectivity index (χ3n) is 2.36. The van der Waals surface area contributed by atoms with Crippen LogP contribution in [0.1, 0.15) is 13.3 Å². The molecule has 1 heterocycles. The van der Waals surface area contributed by atoms with Crippen LogP contribution < -0.4 is 0 Å². The summed E-state index contributed by atoms with van der Waals surface area (Å²) in [5, 5.41) is 0. The molecule has 1 unspecified atom stereocenters. The number of hydrogen-bond donors (Lipinski definition) is 0. The highest BCUT2D eigenvalue weighted by molar-refractivity contribution is 8.27. The number of rotatable bonds is 2. The minimum absolute atomic E-state index is 0.0600. The van der Waals surface area contributed by atoms with Gasteiger partial charge in [-0.15, -0.1) is 0 Å². The molecule has 1 saturated heterocycles. The van der Waals surface area contributed by atoms with Gasteiger partial charge in [-0.25, -0.2) is 4.31 Å². The van der Waals surface area contributed by atoms with Crippen molar-refractivity contribution in [3.05, 3.63) is 0 Å². The summed E-state index contributed by atoms with van der Waals surface area (Å²) < 4.78 is 2.42. The van der Waals surface area contributed by atoms with Crippen molar-refractivity contribution in [2.75, 3.05) is 39.0 Å². The summed E-state index contributed by atoms with van der Waals surface area (Å²) in [4.78, 5) is 2.50. The van der Waals surface area contributed by atoms with Crippen LogP contribution in [0.5, 0.6) is 0 Å². The zero-order valence-corrected chi connectivity index (χ0v) is 9.59. The van der Waals surface area contributed by atoms with Gasteiger partial charge < -0.3 is 4.90 Å². The maximum Gasteiger partial charge on any atom is 0.0220 e. The second-order valence-electron chi connectivity index (χ2n) is 3.14. The van der Waals surface area contributed by atoms with Crippen LogP contribution in [-0.2, 0) is 20.8 Å². The SMILES string of the molecule is CCN1CCCN(S(C)=S)CC1. The van der Waals surface area contributed by atoms with E-state index >= 15 is 0 Å². The van der Waals surface area contributed by atoms with E-state index in [4.69, 9.17) is 11.2 Å². The maximum absolute atomic E-state index is 5.27. The van der Waals surface area contributed by atoms with Crippen molar-refractivity contribution in [2.45, 2.75) is 13.3 Å². The highest BCUT2D eigenvalue weighted by Crippen LogP contribution is 2.03. The second kappa shape index (κ2) is 5.27. The van der Waals surface area contributed by atoms with E-state index in [1.54, 1.807) is 0 Å². The lowest BCUT2D eigenvalue weighted by Crippen LogP contribution is -2.31. The lowest BCUT2D eigenvalue weighted by atomic mass is 10.4. The molecule has 0 aromatic carbocycles. The van der Waals surface area contributed by atoms with Crippen LogP contribution in [0.25, 0.3) is 0 Å². The minimum Gasteiger partial charge on any atom is -0.302 e. The summed E-state index contributed by atoms with van der Waals surface area (Å²) in [6.45, 7) is 8.22. The van der Waals surface area contributed by atoms with Gasteiger partial charge >= 0.3 is 0 Å². The fourth-order valence-corrected chi connectivity index (χ4v) is 2.69. The minimum atomic E-state index is 0.0600. The molecule has 1 fully saturated rings. The second-order valence-corrected chi connectivity index (χ2v) is 5.95. The van der Waals surface area contributed by atoms with Crippen LogP contribution in [0.3, 0.4) is 0 Å². The summed E-state index contributed by atoms with van der Waals surface area (Å²) in [6, 6.07) is 0. The molecular weight excluding hydrogens is 188 g/mol. The Morgan fingerprint density at radius 3 is 2.58 bits per heavy atom. The van der Waals surface area contributed by atoms with Gasteiger partial charge in [0, 0.05) is 25.9 Å². The highest BCUT2D eigenvalue weighted by Gasteiger charge is 2.13. The summed E-state index contributed by atoms with van der Waals surface area (Å²) in [6.07, 6.45) is 3.42. The number of nitrogens with zero attached hydrogens (tertiary/aromatic N) is 2. The van der Waals surface area contributed by atoms with Crippen molar-refractivity contribution >= 4 is 20.8 Å². The Balaban J connectivity index is 2.39. The van der Waals surface area contributed by atoms with Gasteiger partial charge in [-0.2, -0.15) is 0 Å². The van der Waals surface area contributed by atoms with Gasteiger partial charge in [-0.1, -0.05) is 16.6 Å². The Labute approximate surface area is 82.6 Å². The Morgan fingerprint density at radius 2 is 2.00 bits per heavy atom. The van der Waals surface area contributed by atoms with Crippen LogP contribution in [0.4, 0.5) is 0 Å². The zero-order chi connectivity index (χ0) is 8.97. The van der Waals surface area contributed by atoms with E-state index in [2.05, 4.69) is 22.4 Å². The van der Waals surface area contributed by atoms with Gasteiger partial charge in [0.15, 0.2) is 0 Å². The smallest absolute Gasteiger partial charge is 0.0220 e. The van der Waals surface area contributed by atoms with Crippen molar-refractivity contribution in [1.29, 1.82) is 0 Å². The van der Waals surface area contributed by atoms with E-state index in [1.807, 2.05) is 0 Å². The third-order valence-corrected chi connectivity index (χ3v) is 4.08. The van der Waals surface area contributed by atoms with Crippen LogP contribution in [0.2, 0.25) is 0 Å². The lowest BCUT2D eigenvalue weighted by Gasteiger charge is -2.19. The van der Waals surface area contributed by atoms with Crippen molar-refractivity contribution in [3.8, 4) is 0 Å². The zero-order valence-electron chi connectivity index (χ0n) is 7.95. The van der Waals surface area contributed by atoms with Gasteiger partial charge in [0.05, 0.1) is 0 Å². The Morgan fingerprint density at radius 1 is 1.25 bits per heavy atom. The molecule has 0 aliphatic carbocycles. The third kappa shape index (κ3) is 3.09. The lowest BCUT2D eigenvalue weighted by molar-refractivity contribution is 0.304. The molecule has 0 spiro atoms. The van der Waals surface area contributed by atoms with Crippen LogP contribution in [0.15, 0.2) is 0 Å². The van der Waals surface area contributed by atoms with Crippen molar-refractivity contribution < 1.29 is 0 Å². The molecule has 2 nitrogen and oxygen atoms in total. The molecule has 1 aliphatic heterocycles. The summed E-state index contributed by atoms with van der Waals surface area (Å²) in [5.41, 5.74) is 0. The molecule has 0 aromatic rings. The van der Waals surface area contributed by atoms with Gasteiger partial charge in [-0.3, -0.25) is 0 Å². The summed E-state index contributed by atoms with van der Waals surface area (Å²) in [5.74, 6) is 0. The molecule has 4 heteroatoms. The average molecular weight is 206 g/mol. The molecule has 0 saturated carbocycles. The quantitative estimate of drug-likeness (QED) is 0.655. The Hall–Kier alpha value is 0.490. The first kappa shape index (κ1) is 10.6. The predicted molar refractivity (Wildman–Crippen MR) is 59.0 cm³/mol. The molecule has 0 radical (unpaired) electrons. The Bertz CT molecular complexity index is 161. The molecule has 0 bridgehead atoms. The first-order valence-electron chi connectivity index (χ1n) is 4.55. The van der Waals surface area contributed by atoms with E-state index in [-0.39, 0.29) is 9.64 Å². The largest absolute Gasteiger partial charge is 0.302 e. The molecular formula is C8H18N2S2. The van der Waals surface area contributed by atoms with Crippen molar-refractivity contribution in [1.82, 2.24) is 9.21 Å². The Kier molecular flexibility index (Phi) is 4.64. The topological polar surface area (TPSA) is 6.48 Å². The van der Waals surface area contributed by atoms with E-state index in [1.165, 1.54) is 32.6 Å². The van der Waals surface area contributed by atoms with Crippen molar-refractivity contribution in [2.24, 2.45) is 0 Å². The summed E-state index contributed by atoms with van der Waals surface area (Å²) >= 11 is 5.27. The normalized spacial score (nSPS) is 25.2. The van der Waals surface area contributed by atoms with Crippen molar-refractivity contribution in [3.63, 3.8) is 0 Å². The standard InChI is InChI=1S/C8H18N2S2/c1-3-9-5-4-6-10(8-7-9)12(2)11/h3-8H2,1-2H3. The van der Waals surface area contributed by atoms with Gasteiger partial charge in [0.1, 0.15) is 0 Å². The predicted octanol–water partition coefficient (Wildman–Crippen LogP) is 0.639. The fraction of sp³-hybridized carbons (Fsp3) is 1.00. The number of hydrogen-bond acceptors (Lipinski definition) is 2. The fourth-order valence-electron chi connectivity index (χ4n) is 1.52.